The zero-order valence-corrected chi connectivity index (χ0v) is 8.95. The number of nitrogens with one attached hydrogen (secondary N) is 1. The third-order valence-corrected chi connectivity index (χ3v) is 1.90. The molecule has 9 heteroatoms. The van der Waals surface area contributed by atoms with E-state index in [9.17, 15) is 28.1 Å². The fraction of sp³-hybridized carbons (Fsp3) is 0.222. The molecule has 18 heavy (non-hydrogen) atoms. The first-order chi connectivity index (χ1) is 8.25. The SMILES string of the molecule is COc1cc([N+](=O)[O-])ccc1NC(=O)C(F)(F)F. The second kappa shape index (κ2) is 4.90. The maximum absolute atomic E-state index is 12.0. The molecule has 1 amide bonds. The lowest BCUT2D eigenvalue weighted by Crippen LogP contribution is -2.30. The van der Waals surface area contributed by atoms with Gasteiger partial charge in [-0.15, -0.1) is 0 Å². The van der Waals surface area contributed by atoms with Gasteiger partial charge in [0.05, 0.1) is 23.8 Å². The number of rotatable bonds is 3. The summed E-state index contributed by atoms with van der Waals surface area (Å²) in [5, 5.41) is 12.0. The van der Waals surface area contributed by atoms with Crippen LogP contribution in [0, 0.1) is 10.1 Å². The van der Waals surface area contributed by atoms with E-state index in [0.717, 1.165) is 25.3 Å². The molecule has 0 unspecified atom stereocenters. The fourth-order valence-electron chi connectivity index (χ4n) is 1.09. The second-order valence-electron chi connectivity index (χ2n) is 3.09. The zero-order chi connectivity index (χ0) is 13.9. The van der Waals surface area contributed by atoms with E-state index in [1.54, 1.807) is 5.32 Å². The largest absolute Gasteiger partial charge is 0.494 e. The van der Waals surface area contributed by atoms with Gasteiger partial charge < -0.3 is 10.1 Å². The van der Waals surface area contributed by atoms with Gasteiger partial charge in [0.25, 0.3) is 5.69 Å². The number of nitro groups is 1. The van der Waals surface area contributed by atoms with Gasteiger partial charge >= 0.3 is 12.1 Å². The minimum atomic E-state index is -5.05. The molecular weight excluding hydrogens is 257 g/mol. The van der Waals surface area contributed by atoms with Gasteiger partial charge in [0.2, 0.25) is 0 Å². The Morgan fingerprint density at radius 3 is 2.50 bits per heavy atom. The molecule has 1 rings (SSSR count). The molecule has 0 spiro atoms. The van der Waals surface area contributed by atoms with Crippen LogP contribution in [-0.2, 0) is 4.79 Å². The highest BCUT2D eigenvalue weighted by molar-refractivity contribution is 5.96. The summed E-state index contributed by atoms with van der Waals surface area (Å²) in [6, 6.07) is 2.82. The number of nitro benzene ring substituents is 1. The number of anilines is 1. The third kappa shape index (κ3) is 3.09. The summed E-state index contributed by atoms with van der Waals surface area (Å²) >= 11 is 0. The normalized spacial score (nSPS) is 10.9. The van der Waals surface area contributed by atoms with Gasteiger partial charge in [0, 0.05) is 6.07 Å². The van der Waals surface area contributed by atoms with Crippen molar-refractivity contribution >= 4 is 17.3 Å². The summed E-state index contributed by atoms with van der Waals surface area (Å²) in [6.45, 7) is 0. The van der Waals surface area contributed by atoms with Gasteiger partial charge in [0.15, 0.2) is 0 Å². The summed E-state index contributed by atoms with van der Waals surface area (Å²) in [4.78, 5) is 20.4. The van der Waals surface area contributed by atoms with Crippen LogP contribution < -0.4 is 10.1 Å². The maximum atomic E-state index is 12.0. The number of alkyl halides is 3. The Hall–Kier alpha value is -2.32. The van der Waals surface area contributed by atoms with Gasteiger partial charge in [-0.1, -0.05) is 0 Å². The first kappa shape index (κ1) is 13.7. The number of non-ortho nitro benzene ring substituents is 1. The third-order valence-electron chi connectivity index (χ3n) is 1.90. The van der Waals surface area contributed by atoms with E-state index in [1.807, 2.05) is 0 Å². The Labute approximate surface area is 98.5 Å². The van der Waals surface area contributed by atoms with Crippen molar-refractivity contribution in [3.8, 4) is 5.75 Å². The summed E-state index contributed by atoms with van der Waals surface area (Å²) in [7, 11) is 1.11. The molecule has 0 aliphatic heterocycles. The van der Waals surface area contributed by atoms with Crippen molar-refractivity contribution in [1.82, 2.24) is 0 Å². The number of nitrogens with zero attached hydrogens (tertiary/aromatic N) is 1. The highest BCUT2D eigenvalue weighted by atomic mass is 19.4. The molecule has 0 aliphatic carbocycles. The minimum absolute atomic E-state index is 0.234. The number of benzene rings is 1. The number of carbonyl (C=O) groups excluding carboxylic acids is 1. The predicted molar refractivity (Wildman–Crippen MR) is 54.3 cm³/mol. The van der Waals surface area contributed by atoms with Crippen LogP contribution >= 0.6 is 0 Å². The van der Waals surface area contributed by atoms with E-state index in [1.165, 1.54) is 0 Å². The monoisotopic (exact) mass is 264 g/mol. The Morgan fingerprint density at radius 2 is 2.06 bits per heavy atom. The Kier molecular flexibility index (Phi) is 3.74. The smallest absolute Gasteiger partial charge is 0.471 e. The van der Waals surface area contributed by atoms with Gasteiger partial charge in [-0.3, -0.25) is 14.9 Å². The van der Waals surface area contributed by atoms with Crippen molar-refractivity contribution in [3.05, 3.63) is 28.3 Å². The number of ether oxygens (including phenoxy) is 1. The molecule has 0 saturated heterocycles. The fourth-order valence-corrected chi connectivity index (χ4v) is 1.09. The average molecular weight is 264 g/mol. The maximum Gasteiger partial charge on any atom is 0.471 e. The molecule has 98 valence electrons. The molecule has 1 N–H and O–H groups in total. The number of hydrogen-bond acceptors (Lipinski definition) is 4. The standard InChI is InChI=1S/C9H7F3N2O4/c1-18-7-4-5(14(16)17)2-3-6(7)13-8(15)9(10,11)12/h2-4H,1H3,(H,13,15). The van der Waals surface area contributed by atoms with Crippen molar-refractivity contribution in [2.45, 2.75) is 6.18 Å². The summed E-state index contributed by atoms with van der Waals surface area (Å²) in [5.74, 6) is -2.42. The van der Waals surface area contributed by atoms with Crippen molar-refractivity contribution in [1.29, 1.82) is 0 Å². The highest BCUT2D eigenvalue weighted by Crippen LogP contribution is 2.30. The minimum Gasteiger partial charge on any atom is -0.494 e. The van der Waals surface area contributed by atoms with Gasteiger partial charge in [-0.2, -0.15) is 13.2 Å². The molecule has 1 aromatic rings. The van der Waals surface area contributed by atoms with Crippen molar-refractivity contribution < 1.29 is 27.6 Å². The molecule has 0 radical (unpaired) electrons. The van der Waals surface area contributed by atoms with Crippen molar-refractivity contribution in [2.24, 2.45) is 0 Å². The van der Waals surface area contributed by atoms with Gasteiger partial charge in [-0.05, 0) is 6.07 Å². The number of methoxy groups -OCH3 is 1. The zero-order valence-electron chi connectivity index (χ0n) is 8.95. The Bertz CT molecular complexity index is 487. The molecule has 0 fully saturated rings. The number of halogens is 3. The van der Waals surface area contributed by atoms with E-state index in [2.05, 4.69) is 4.74 Å². The van der Waals surface area contributed by atoms with E-state index >= 15 is 0 Å². The van der Waals surface area contributed by atoms with Crippen LogP contribution in [0.2, 0.25) is 0 Å². The molecule has 0 bridgehead atoms. The quantitative estimate of drug-likeness (QED) is 0.669. The van der Waals surface area contributed by atoms with Crippen LogP contribution in [-0.4, -0.2) is 24.1 Å². The first-order valence-corrected chi connectivity index (χ1v) is 4.46. The lowest BCUT2D eigenvalue weighted by atomic mass is 10.2. The molecule has 0 atom stereocenters. The summed E-state index contributed by atoms with van der Waals surface area (Å²) in [5.41, 5.74) is -0.665. The van der Waals surface area contributed by atoms with Crippen LogP contribution in [0.3, 0.4) is 0 Å². The van der Waals surface area contributed by atoms with Crippen molar-refractivity contribution in [3.63, 3.8) is 0 Å². The van der Waals surface area contributed by atoms with Crippen LogP contribution in [0.1, 0.15) is 0 Å². The average Bonchev–Trinajstić information content (AvgIpc) is 2.27. The molecule has 0 aliphatic rings. The van der Waals surface area contributed by atoms with Crippen LogP contribution in [0.4, 0.5) is 24.5 Å². The molecule has 0 saturated carbocycles. The molecule has 6 nitrogen and oxygen atoms in total. The number of amides is 1. The van der Waals surface area contributed by atoms with Gasteiger partial charge in [0.1, 0.15) is 5.75 Å². The molecule has 1 aromatic carbocycles. The summed E-state index contributed by atoms with van der Waals surface area (Å²) in [6.07, 6.45) is -5.05. The number of hydrogen-bond donors (Lipinski definition) is 1. The van der Waals surface area contributed by atoms with Crippen LogP contribution in [0.25, 0.3) is 0 Å². The summed E-state index contributed by atoms with van der Waals surface area (Å²) < 4.78 is 40.7. The van der Waals surface area contributed by atoms with Crippen molar-refractivity contribution in [2.75, 3.05) is 12.4 Å². The lowest BCUT2D eigenvalue weighted by molar-refractivity contribution is -0.384. The van der Waals surface area contributed by atoms with E-state index in [0.29, 0.717) is 0 Å². The molecule has 0 aromatic heterocycles. The molecular formula is C9H7F3N2O4. The van der Waals surface area contributed by atoms with E-state index in [4.69, 9.17) is 0 Å². The Balaban J connectivity index is 3.04. The number of carbonyl (C=O) groups is 1. The Morgan fingerprint density at radius 1 is 1.44 bits per heavy atom. The first-order valence-electron chi connectivity index (χ1n) is 4.46. The predicted octanol–water partition coefficient (Wildman–Crippen LogP) is 2.10. The lowest BCUT2D eigenvalue weighted by Gasteiger charge is -2.11. The second-order valence-corrected chi connectivity index (χ2v) is 3.09. The van der Waals surface area contributed by atoms with Crippen LogP contribution in [0.15, 0.2) is 18.2 Å². The van der Waals surface area contributed by atoms with E-state index in [-0.39, 0.29) is 17.1 Å². The van der Waals surface area contributed by atoms with E-state index < -0.39 is 17.0 Å². The van der Waals surface area contributed by atoms with Crippen LogP contribution in [0.5, 0.6) is 5.75 Å². The topological polar surface area (TPSA) is 81.5 Å². The highest BCUT2D eigenvalue weighted by Gasteiger charge is 2.39. The molecule has 0 heterocycles. The van der Waals surface area contributed by atoms with Gasteiger partial charge in [-0.25, -0.2) is 0 Å².